The molecule has 0 spiro atoms. The van der Waals surface area contributed by atoms with Gasteiger partial charge in [0, 0.05) is 11.1 Å². The van der Waals surface area contributed by atoms with E-state index in [1.807, 2.05) is 0 Å². The van der Waals surface area contributed by atoms with Crippen molar-refractivity contribution in [1.82, 2.24) is 15.0 Å². The molecule has 0 bridgehead atoms. The third kappa shape index (κ3) is 3.43. The molecule has 7 nitrogen and oxygen atoms in total. The number of rotatable bonds is 5. The molecule has 0 saturated heterocycles. The van der Waals surface area contributed by atoms with E-state index in [1.165, 1.54) is 19.2 Å². The second-order valence-corrected chi connectivity index (χ2v) is 6.42. The zero-order valence-corrected chi connectivity index (χ0v) is 16.6. The molecule has 0 radical (unpaired) electrons. The van der Waals surface area contributed by atoms with Gasteiger partial charge >= 0.3 is 0 Å². The van der Waals surface area contributed by atoms with Gasteiger partial charge in [0.1, 0.15) is 17.0 Å². The number of hydrogen-bond donors (Lipinski definition) is 1. The van der Waals surface area contributed by atoms with Gasteiger partial charge in [0.05, 0.1) is 32.5 Å². The van der Waals surface area contributed by atoms with E-state index in [9.17, 15) is 4.39 Å². The second-order valence-electron chi connectivity index (χ2n) is 6.42. The monoisotopic (exact) mass is 406 g/mol. The summed E-state index contributed by atoms with van der Waals surface area (Å²) in [5.41, 5.74) is 9.68. The van der Waals surface area contributed by atoms with E-state index >= 15 is 0 Å². The van der Waals surface area contributed by atoms with Crippen LogP contribution in [0.25, 0.3) is 33.5 Å². The Balaban J connectivity index is 1.96. The molecule has 152 valence electrons. The lowest BCUT2D eigenvalue weighted by atomic mass is 10.1. The van der Waals surface area contributed by atoms with Crippen molar-refractivity contribution >= 4 is 17.0 Å². The molecule has 0 atom stereocenters. The molecule has 30 heavy (non-hydrogen) atoms. The standard InChI is InChI=1S/C22H19FN4O3/c1-28-17-10-13(11-18(29-2)21(17)30-3)19-20-16(26-22(24)27-19)9-8-15(25-20)12-4-6-14(23)7-5-12/h4-11H,1-3H3,(H2,24,26,27). The number of nitrogen functional groups attached to an aromatic ring is 1. The van der Waals surface area contributed by atoms with Crippen molar-refractivity contribution in [2.24, 2.45) is 0 Å². The summed E-state index contributed by atoms with van der Waals surface area (Å²) in [6.45, 7) is 0. The number of halogens is 1. The van der Waals surface area contributed by atoms with Crippen LogP contribution in [0.3, 0.4) is 0 Å². The predicted molar refractivity (Wildman–Crippen MR) is 112 cm³/mol. The van der Waals surface area contributed by atoms with Crippen LogP contribution in [-0.2, 0) is 0 Å². The molecule has 0 aliphatic heterocycles. The van der Waals surface area contributed by atoms with Crippen LogP contribution in [0.1, 0.15) is 0 Å². The first kappa shape index (κ1) is 19.4. The molecule has 0 aliphatic rings. The van der Waals surface area contributed by atoms with Gasteiger partial charge in [-0.05, 0) is 48.5 Å². The van der Waals surface area contributed by atoms with Gasteiger partial charge < -0.3 is 19.9 Å². The van der Waals surface area contributed by atoms with Gasteiger partial charge in [-0.1, -0.05) is 0 Å². The topological polar surface area (TPSA) is 92.4 Å². The van der Waals surface area contributed by atoms with Gasteiger partial charge in [-0.3, -0.25) is 0 Å². The number of pyridine rings is 1. The molecule has 8 heteroatoms. The number of nitrogens with zero attached hydrogens (tertiary/aromatic N) is 3. The van der Waals surface area contributed by atoms with Crippen LogP contribution >= 0.6 is 0 Å². The number of nitrogens with two attached hydrogens (primary N) is 1. The quantitative estimate of drug-likeness (QED) is 0.533. The summed E-state index contributed by atoms with van der Waals surface area (Å²) >= 11 is 0. The van der Waals surface area contributed by atoms with Gasteiger partial charge in [-0.2, -0.15) is 0 Å². The molecule has 2 N–H and O–H groups in total. The number of fused-ring (bicyclic) bond motifs is 1. The SMILES string of the molecule is COc1cc(-c2nc(N)nc3ccc(-c4ccc(F)cc4)nc23)cc(OC)c1OC. The zero-order valence-electron chi connectivity index (χ0n) is 16.6. The smallest absolute Gasteiger partial charge is 0.221 e. The Kier molecular flexibility index (Phi) is 5.05. The first-order valence-electron chi connectivity index (χ1n) is 9.04. The van der Waals surface area contributed by atoms with Crippen LogP contribution in [0.5, 0.6) is 17.2 Å². The normalized spacial score (nSPS) is 10.8. The summed E-state index contributed by atoms with van der Waals surface area (Å²) in [4.78, 5) is 13.4. The van der Waals surface area contributed by atoms with E-state index in [4.69, 9.17) is 24.9 Å². The lowest BCUT2D eigenvalue weighted by molar-refractivity contribution is 0.324. The Hall–Kier alpha value is -3.94. The summed E-state index contributed by atoms with van der Waals surface area (Å²) in [5, 5.41) is 0. The third-order valence-electron chi connectivity index (χ3n) is 4.64. The molecule has 4 aromatic rings. The molecule has 2 heterocycles. The van der Waals surface area contributed by atoms with Gasteiger partial charge in [-0.15, -0.1) is 0 Å². The number of hydrogen-bond acceptors (Lipinski definition) is 7. The van der Waals surface area contributed by atoms with Crippen LogP contribution < -0.4 is 19.9 Å². The van der Waals surface area contributed by atoms with Crippen molar-refractivity contribution < 1.29 is 18.6 Å². The van der Waals surface area contributed by atoms with Crippen molar-refractivity contribution in [2.45, 2.75) is 0 Å². The second kappa shape index (κ2) is 7.82. The van der Waals surface area contributed by atoms with E-state index in [2.05, 4.69) is 9.97 Å². The number of anilines is 1. The largest absolute Gasteiger partial charge is 0.493 e. The fraction of sp³-hybridized carbons (Fsp3) is 0.136. The third-order valence-corrected chi connectivity index (χ3v) is 4.64. The molecule has 2 aromatic heterocycles. The highest BCUT2D eigenvalue weighted by molar-refractivity contribution is 5.92. The Labute approximate surface area is 172 Å². The minimum absolute atomic E-state index is 0.114. The molecular formula is C22H19FN4O3. The Morgan fingerprint density at radius 1 is 0.767 bits per heavy atom. The predicted octanol–water partition coefficient (Wildman–Crippen LogP) is 4.11. The number of ether oxygens (including phenoxy) is 3. The molecule has 0 saturated carbocycles. The molecule has 0 unspecified atom stereocenters. The van der Waals surface area contributed by atoms with Crippen molar-refractivity contribution in [3.63, 3.8) is 0 Å². The number of methoxy groups -OCH3 is 3. The highest BCUT2D eigenvalue weighted by Crippen LogP contribution is 2.42. The van der Waals surface area contributed by atoms with E-state index in [0.29, 0.717) is 45.2 Å². The summed E-state index contributed by atoms with van der Waals surface area (Å²) in [7, 11) is 4.62. The van der Waals surface area contributed by atoms with Crippen molar-refractivity contribution in [1.29, 1.82) is 0 Å². The molecule has 0 aliphatic carbocycles. The van der Waals surface area contributed by atoms with E-state index in [1.54, 1.807) is 50.6 Å². The molecule has 0 amide bonds. The lowest BCUT2D eigenvalue weighted by Crippen LogP contribution is -2.01. The van der Waals surface area contributed by atoms with E-state index in [0.717, 1.165) is 5.56 Å². The number of aromatic nitrogens is 3. The average molecular weight is 406 g/mol. The molecule has 4 rings (SSSR count). The van der Waals surface area contributed by atoms with Crippen LogP contribution in [0.2, 0.25) is 0 Å². The Bertz CT molecular complexity index is 1200. The maximum Gasteiger partial charge on any atom is 0.221 e. The molecule has 2 aromatic carbocycles. The maximum atomic E-state index is 13.3. The zero-order chi connectivity index (χ0) is 21.3. The van der Waals surface area contributed by atoms with Crippen LogP contribution in [0.15, 0.2) is 48.5 Å². The van der Waals surface area contributed by atoms with Crippen molar-refractivity contribution in [3.8, 4) is 39.8 Å². The van der Waals surface area contributed by atoms with Crippen molar-refractivity contribution in [2.75, 3.05) is 27.1 Å². The fourth-order valence-electron chi connectivity index (χ4n) is 3.23. The first-order chi connectivity index (χ1) is 14.5. The number of benzene rings is 2. The van der Waals surface area contributed by atoms with Gasteiger partial charge in [0.15, 0.2) is 11.5 Å². The van der Waals surface area contributed by atoms with Crippen molar-refractivity contribution in [3.05, 3.63) is 54.3 Å². The molecule has 0 fully saturated rings. The Morgan fingerprint density at radius 3 is 2.03 bits per heavy atom. The van der Waals surface area contributed by atoms with Gasteiger partial charge in [0.2, 0.25) is 11.7 Å². The van der Waals surface area contributed by atoms with E-state index < -0.39 is 0 Å². The minimum Gasteiger partial charge on any atom is -0.493 e. The minimum atomic E-state index is -0.311. The summed E-state index contributed by atoms with van der Waals surface area (Å²) in [6.07, 6.45) is 0. The highest BCUT2D eigenvalue weighted by atomic mass is 19.1. The lowest BCUT2D eigenvalue weighted by Gasteiger charge is -2.15. The van der Waals surface area contributed by atoms with E-state index in [-0.39, 0.29) is 11.8 Å². The summed E-state index contributed by atoms with van der Waals surface area (Å²) < 4.78 is 29.6. The van der Waals surface area contributed by atoms with Gasteiger partial charge in [-0.25, -0.2) is 19.3 Å². The summed E-state index contributed by atoms with van der Waals surface area (Å²) in [6, 6.07) is 13.3. The fourth-order valence-corrected chi connectivity index (χ4v) is 3.23. The van der Waals surface area contributed by atoms with Crippen LogP contribution in [0.4, 0.5) is 10.3 Å². The van der Waals surface area contributed by atoms with Gasteiger partial charge in [0.25, 0.3) is 0 Å². The average Bonchev–Trinajstić information content (AvgIpc) is 2.77. The Morgan fingerprint density at radius 2 is 1.43 bits per heavy atom. The highest BCUT2D eigenvalue weighted by Gasteiger charge is 2.18. The van der Waals surface area contributed by atoms with Crippen LogP contribution in [0, 0.1) is 5.82 Å². The first-order valence-corrected chi connectivity index (χ1v) is 9.04. The molecular weight excluding hydrogens is 387 g/mol. The maximum absolute atomic E-state index is 13.3. The summed E-state index contributed by atoms with van der Waals surface area (Å²) in [5.74, 6) is 1.23. The van der Waals surface area contributed by atoms with Crippen LogP contribution in [-0.4, -0.2) is 36.3 Å².